The Kier molecular flexibility index (Phi) is 8.03. The Morgan fingerprint density at radius 1 is 0.646 bits per heavy atom. The normalized spacial score (nSPS) is 16.8. The standard InChI is InChI=1S/C34H30O14/c1-43-21-11-19(35)27-17(7-13-5-15(9-23(37)45-3)47-33(41)25(13)31(27)39)29(21)30-18-8-14-6-16(10-24(38)46-4)48-34(42)26(14)32(40)28(18)20(36)12-22(30)44-2/h7-8,11-12,15-16,35-36,39-40H,5-6,9-10H2,1-4H3/t15-,16-/m0/s1. The number of fused-ring (bicyclic) bond motifs is 4. The number of cyclic esters (lactones) is 2. The van der Waals surface area contributed by atoms with E-state index in [1.54, 1.807) is 12.1 Å². The van der Waals surface area contributed by atoms with Gasteiger partial charge in [0.1, 0.15) is 57.8 Å². The molecule has 48 heavy (non-hydrogen) atoms. The molecule has 2 aliphatic rings. The maximum Gasteiger partial charge on any atom is 0.342 e. The molecule has 250 valence electrons. The van der Waals surface area contributed by atoms with Crippen LogP contribution in [0.2, 0.25) is 0 Å². The minimum atomic E-state index is -0.904. The molecule has 0 aliphatic carbocycles. The first-order valence-electron chi connectivity index (χ1n) is 14.6. The molecule has 14 heteroatoms. The SMILES string of the molecule is COC(=O)C[C@@H]1Cc2cc3c(-c4c(OC)cc(O)c5c(O)c6c(cc45)C[C@@H](CC(=O)OC)OC6=O)c(OC)cc(O)c3c(O)c2C(=O)O1. The first-order valence-corrected chi connectivity index (χ1v) is 14.6. The summed E-state index contributed by atoms with van der Waals surface area (Å²) < 4.78 is 31.6. The van der Waals surface area contributed by atoms with E-state index in [9.17, 15) is 39.6 Å². The van der Waals surface area contributed by atoms with Crippen LogP contribution in [0, 0.1) is 0 Å². The monoisotopic (exact) mass is 662 g/mol. The van der Waals surface area contributed by atoms with Crippen LogP contribution in [0.25, 0.3) is 32.7 Å². The zero-order chi connectivity index (χ0) is 34.6. The molecular formula is C34H30O14. The number of hydrogen-bond donors (Lipinski definition) is 4. The Morgan fingerprint density at radius 3 is 1.35 bits per heavy atom. The average Bonchev–Trinajstić information content (AvgIpc) is 3.03. The molecule has 2 aliphatic heterocycles. The van der Waals surface area contributed by atoms with Gasteiger partial charge >= 0.3 is 23.9 Å². The predicted molar refractivity (Wildman–Crippen MR) is 166 cm³/mol. The summed E-state index contributed by atoms with van der Waals surface area (Å²) in [6, 6.07) is 5.54. The van der Waals surface area contributed by atoms with Gasteiger partial charge in [-0.3, -0.25) is 9.59 Å². The molecule has 0 spiro atoms. The molecule has 0 amide bonds. The van der Waals surface area contributed by atoms with Crippen LogP contribution in [-0.4, -0.2) is 85.0 Å². The van der Waals surface area contributed by atoms with E-state index in [0.717, 1.165) is 0 Å². The van der Waals surface area contributed by atoms with E-state index >= 15 is 0 Å². The average molecular weight is 663 g/mol. The first kappa shape index (κ1) is 32.0. The molecular weight excluding hydrogens is 632 g/mol. The number of benzene rings is 4. The zero-order valence-corrected chi connectivity index (χ0v) is 26.2. The van der Waals surface area contributed by atoms with Crippen LogP contribution in [0.15, 0.2) is 24.3 Å². The van der Waals surface area contributed by atoms with Crippen molar-refractivity contribution in [1.29, 1.82) is 0 Å². The number of aromatic hydroxyl groups is 4. The number of carbonyl (C=O) groups is 4. The van der Waals surface area contributed by atoms with Crippen molar-refractivity contribution in [3.05, 3.63) is 46.5 Å². The van der Waals surface area contributed by atoms with Crippen LogP contribution in [0.3, 0.4) is 0 Å². The van der Waals surface area contributed by atoms with Gasteiger partial charge in [-0.2, -0.15) is 0 Å². The Labute approximate surface area is 271 Å². The van der Waals surface area contributed by atoms with E-state index < -0.39 is 59.1 Å². The largest absolute Gasteiger partial charge is 0.507 e. The Balaban J connectivity index is 1.68. The molecule has 4 aromatic carbocycles. The summed E-state index contributed by atoms with van der Waals surface area (Å²) in [5.74, 6) is -4.91. The van der Waals surface area contributed by atoms with E-state index in [1.807, 2.05) is 0 Å². The third-order valence-electron chi connectivity index (χ3n) is 8.63. The van der Waals surface area contributed by atoms with Crippen LogP contribution in [0.4, 0.5) is 0 Å². The summed E-state index contributed by atoms with van der Waals surface area (Å²) in [7, 11) is 5.09. The summed E-state index contributed by atoms with van der Waals surface area (Å²) in [6.45, 7) is 0. The lowest BCUT2D eigenvalue weighted by atomic mass is 9.85. The second kappa shape index (κ2) is 12.0. The highest BCUT2D eigenvalue weighted by Gasteiger charge is 2.36. The molecule has 0 radical (unpaired) electrons. The van der Waals surface area contributed by atoms with Crippen molar-refractivity contribution < 1.29 is 68.0 Å². The molecule has 2 heterocycles. The lowest BCUT2D eigenvalue weighted by Crippen LogP contribution is -2.30. The summed E-state index contributed by atoms with van der Waals surface area (Å²) in [5.41, 5.74) is 0.651. The summed E-state index contributed by atoms with van der Waals surface area (Å²) in [6.07, 6.45) is -2.25. The van der Waals surface area contributed by atoms with Crippen molar-refractivity contribution in [1.82, 2.24) is 0 Å². The number of ether oxygens (including phenoxy) is 6. The number of hydrogen-bond acceptors (Lipinski definition) is 14. The van der Waals surface area contributed by atoms with E-state index in [-0.39, 0.29) is 81.0 Å². The third kappa shape index (κ3) is 5.05. The molecule has 0 unspecified atom stereocenters. The molecule has 4 aromatic rings. The first-order chi connectivity index (χ1) is 22.9. The Morgan fingerprint density at radius 2 is 1.02 bits per heavy atom. The Hall–Kier alpha value is -5.92. The van der Waals surface area contributed by atoms with Crippen LogP contribution in [-0.2, 0) is 41.4 Å². The number of esters is 4. The van der Waals surface area contributed by atoms with Gasteiger partial charge in [0, 0.05) is 46.9 Å². The summed E-state index contributed by atoms with van der Waals surface area (Å²) >= 11 is 0. The van der Waals surface area contributed by atoms with Crippen LogP contribution in [0.1, 0.15) is 44.7 Å². The fraction of sp³-hybridized carbons (Fsp3) is 0.294. The van der Waals surface area contributed by atoms with Gasteiger partial charge in [0.25, 0.3) is 0 Å². The molecule has 14 nitrogen and oxygen atoms in total. The third-order valence-corrected chi connectivity index (χ3v) is 8.63. The van der Waals surface area contributed by atoms with Crippen molar-refractivity contribution in [3.63, 3.8) is 0 Å². The highest BCUT2D eigenvalue weighted by Crippen LogP contribution is 2.54. The second-order valence-corrected chi connectivity index (χ2v) is 11.3. The maximum atomic E-state index is 13.1. The predicted octanol–water partition coefficient (Wildman–Crippen LogP) is 3.79. The van der Waals surface area contributed by atoms with E-state index in [0.29, 0.717) is 11.1 Å². The van der Waals surface area contributed by atoms with Crippen LogP contribution in [0.5, 0.6) is 34.5 Å². The zero-order valence-electron chi connectivity index (χ0n) is 26.2. The summed E-state index contributed by atoms with van der Waals surface area (Å²) in [4.78, 5) is 50.1. The van der Waals surface area contributed by atoms with Gasteiger partial charge in [0.05, 0.1) is 52.1 Å². The van der Waals surface area contributed by atoms with Crippen molar-refractivity contribution in [2.45, 2.75) is 37.9 Å². The molecule has 0 saturated carbocycles. The molecule has 2 atom stereocenters. The maximum absolute atomic E-state index is 13.1. The number of phenols is 4. The van der Waals surface area contributed by atoms with Gasteiger partial charge in [0.2, 0.25) is 0 Å². The summed E-state index contributed by atoms with van der Waals surface area (Å²) in [5, 5.41) is 45.2. The number of rotatable bonds is 7. The van der Waals surface area contributed by atoms with E-state index in [2.05, 4.69) is 0 Å². The van der Waals surface area contributed by atoms with E-state index in [4.69, 9.17) is 28.4 Å². The molecule has 0 aromatic heterocycles. The molecule has 4 N–H and O–H groups in total. The number of carbonyl (C=O) groups excluding carboxylic acids is 4. The van der Waals surface area contributed by atoms with Crippen molar-refractivity contribution in [3.8, 4) is 45.6 Å². The van der Waals surface area contributed by atoms with Crippen LogP contribution >= 0.6 is 0 Å². The molecule has 0 saturated heterocycles. The Bertz CT molecular complexity index is 1920. The van der Waals surface area contributed by atoms with Gasteiger partial charge in [-0.15, -0.1) is 0 Å². The quantitative estimate of drug-likeness (QED) is 0.164. The molecule has 0 fully saturated rings. The van der Waals surface area contributed by atoms with Gasteiger partial charge in [0.15, 0.2) is 0 Å². The van der Waals surface area contributed by atoms with Crippen molar-refractivity contribution in [2.24, 2.45) is 0 Å². The topological polar surface area (TPSA) is 205 Å². The fourth-order valence-corrected chi connectivity index (χ4v) is 6.54. The minimum absolute atomic E-state index is 0.0164. The highest BCUT2D eigenvalue weighted by atomic mass is 16.6. The molecule has 0 bridgehead atoms. The minimum Gasteiger partial charge on any atom is -0.507 e. The van der Waals surface area contributed by atoms with Crippen molar-refractivity contribution in [2.75, 3.05) is 28.4 Å². The smallest absolute Gasteiger partial charge is 0.342 e. The van der Waals surface area contributed by atoms with Gasteiger partial charge in [-0.1, -0.05) is 0 Å². The van der Waals surface area contributed by atoms with Crippen LogP contribution < -0.4 is 9.47 Å². The lowest BCUT2D eigenvalue weighted by Gasteiger charge is -2.27. The lowest BCUT2D eigenvalue weighted by molar-refractivity contribution is -0.144. The highest BCUT2D eigenvalue weighted by molar-refractivity contribution is 6.18. The number of phenolic OH excluding ortho intramolecular Hbond substituents is 4. The fourth-order valence-electron chi connectivity index (χ4n) is 6.54. The second-order valence-electron chi connectivity index (χ2n) is 11.3. The number of methoxy groups -OCH3 is 4. The van der Waals surface area contributed by atoms with Gasteiger partial charge in [-0.05, 0) is 23.3 Å². The van der Waals surface area contributed by atoms with Crippen molar-refractivity contribution >= 4 is 45.4 Å². The van der Waals surface area contributed by atoms with E-state index in [1.165, 1.54) is 40.6 Å². The van der Waals surface area contributed by atoms with Gasteiger partial charge in [-0.25, -0.2) is 9.59 Å². The van der Waals surface area contributed by atoms with Gasteiger partial charge < -0.3 is 48.8 Å². The molecule has 6 rings (SSSR count).